The first-order chi connectivity index (χ1) is 14.0. The van der Waals surface area contributed by atoms with Crippen molar-refractivity contribution >= 4 is 29.5 Å². The van der Waals surface area contributed by atoms with Crippen LogP contribution in [-0.2, 0) is 16.1 Å². The van der Waals surface area contributed by atoms with Crippen molar-refractivity contribution in [3.63, 3.8) is 0 Å². The van der Waals surface area contributed by atoms with Gasteiger partial charge in [-0.3, -0.25) is 9.59 Å². The molecule has 0 atom stereocenters. The fourth-order valence-corrected chi connectivity index (χ4v) is 2.74. The van der Waals surface area contributed by atoms with Gasteiger partial charge in [0.25, 0.3) is 0 Å². The van der Waals surface area contributed by atoms with Crippen molar-refractivity contribution in [3.8, 4) is 11.5 Å². The summed E-state index contributed by atoms with van der Waals surface area (Å²) in [7, 11) is 3.13. The zero-order chi connectivity index (χ0) is 21.2. The Hall–Kier alpha value is -2.99. The second-order valence-electron chi connectivity index (χ2n) is 6.20. The lowest BCUT2D eigenvalue weighted by molar-refractivity contribution is -0.132. The quantitative estimate of drug-likeness (QED) is 0.635. The highest BCUT2D eigenvalue weighted by Gasteiger charge is 2.13. The van der Waals surface area contributed by atoms with Crippen molar-refractivity contribution in [2.75, 3.05) is 27.3 Å². The summed E-state index contributed by atoms with van der Waals surface area (Å²) in [6.45, 7) is 2.58. The number of benzene rings is 2. The first-order valence-corrected chi connectivity index (χ1v) is 9.54. The van der Waals surface area contributed by atoms with Crippen LogP contribution in [0, 0.1) is 0 Å². The van der Waals surface area contributed by atoms with E-state index in [1.807, 2.05) is 19.1 Å². The number of carbonyl (C=O) groups is 2. The maximum absolute atomic E-state index is 12.5. The van der Waals surface area contributed by atoms with Crippen molar-refractivity contribution in [2.45, 2.75) is 13.5 Å². The summed E-state index contributed by atoms with van der Waals surface area (Å²) >= 11 is 5.85. The summed E-state index contributed by atoms with van der Waals surface area (Å²) in [6, 6.07) is 12.5. The van der Waals surface area contributed by atoms with E-state index in [2.05, 4.69) is 5.32 Å². The van der Waals surface area contributed by atoms with Crippen LogP contribution in [0.3, 0.4) is 0 Å². The lowest BCUT2D eigenvalue weighted by atomic mass is 10.1. The molecule has 2 rings (SSSR count). The maximum Gasteiger partial charge on any atom is 0.247 e. The molecule has 0 saturated heterocycles. The van der Waals surface area contributed by atoms with Gasteiger partial charge in [0.05, 0.1) is 20.8 Å². The fraction of sp³-hybridized carbons (Fsp3) is 0.273. The molecule has 0 fully saturated rings. The molecule has 0 bridgehead atoms. The highest BCUT2D eigenvalue weighted by atomic mass is 35.5. The largest absolute Gasteiger partial charge is 0.497 e. The number of nitrogens with one attached hydrogen (secondary N) is 1. The monoisotopic (exact) mass is 416 g/mol. The Kier molecular flexibility index (Phi) is 8.55. The van der Waals surface area contributed by atoms with Crippen LogP contribution in [0.5, 0.6) is 11.5 Å². The van der Waals surface area contributed by atoms with Crippen LogP contribution in [0.25, 0.3) is 6.08 Å². The van der Waals surface area contributed by atoms with E-state index in [1.165, 1.54) is 11.0 Å². The number of hydrogen-bond acceptors (Lipinski definition) is 4. The van der Waals surface area contributed by atoms with Gasteiger partial charge in [-0.1, -0.05) is 23.7 Å². The topological polar surface area (TPSA) is 67.9 Å². The van der Waals surface area contributed by atoms with Gasteiger partial charge in [0.2, 0.25) is 11.8 Å². The molecule has 2 aromatic carbocycles. The minimum atomic E-state index is -0.265. The van der Waals surface area contributed by atoms with E-state index in [0.717, 1.165) is 5.56 Å². The van der Waals surface area contributed by atoms with Gasteiger partial charge < -0.3 is 19.7 Å². The maximum atomic E-state index is 12.5. The molecule has 1 N–H and O–H groups in total. The Bertz CT molecular complexity index is 866. The molecule has 0 unspecified atom stereocenters. The molecule has 0 heterocycles. The zero-order valence-corrected chi connectivity index (χ0v) is 17.5. The van der Waals surface area contributed by atoms with Crippen LogP contribution in [0.2, 0.25) is 5.02 Å². The van der Waals surface area contributed by atoms with Gasteiger partial charge in [0, 0.05) is 29.8 Å². The summed E-state index contributed by atoms with van der Waals surface area (Å²) in [4.78, 5) is 26.2. The van der Waals surface area contributed by atoms with Gasteiger partial charge in [-0.25, -0.2) is 0 Å². The van der Waals surface area contributed by atoms with E-state index in [-0.39, 0.29) is 18.4 Å². The number of nitrogens with zero attached hydrogens (tertiary/aromatic N) is 1. The average molecular weight is 417 g/mol. The van der Waals surface area contributed by atoms with E-state index in [1.54, 1.807) is 50.6 Å². The molecule has 0 spiro atoms. The molecule has 2 aromatic rings. The molecular weight excluding hydrogens is 392 g/mol. The summed E-state index contributed by atoms with van der Waals surface area (Å²) in [5, 5.41) is 3.45. The summed E-state index contributed by atoms with van der Waals surface area (Å²) in [5.41, 5.74) is 1.64. The van der Waals surface area contributed by atoms with Gasteiger partial charge in [0.15, 0.2) is 0 Å². The Labute approximate surface area is 176 Å². The predicted molar refractivity (Wildman–Crippen MR) is 114 cm³/mol. The van der Waals surface area contributed by atoms with Crippen molar-refractivity contribution in [1.82, 2.24) is 10.2 Å². The van der Waals surface area contributed by atoms with Crippen LogP contribution in [0.1, 0.15) is 18.1 Å². The van der Waals surface area contributed by atoms with Crippen LogP contribution < -0.4 is 14.8 Å². The van der Waals surface area contributed by atoms with E-state index in [4.69, 9.17) is 21.1 Å². The lowest BCUT2D eigenvalue weighted by Crippen LogP contribution is -2.39. The molecule has 0 aromatic heterocycles. The second kappa shape index (κ2) is 11.1. The average Bonchev–Trinajstić information content (AvgIpc) is 2.75. The Morgan fingerprint density at radius 3 is 2.45 bits per heavy atom. The fourth-order valence-electron chi connectivity index (χ4n) is 2.61. The van der Waals surface area contributed by atoms with Crippen LogP contribution in [0.15, 0.2) is 48.5 Å². The molecule has 0 saturated carbocycles. The predicted octanol–water partition coefficient (Wildman–Crippen LogP) is 3.54. The van der Waals surface area contributed by atoms with Crippen molar-refractivity contribution in [1.29, 1.82) is 0 Å². The molecule has 2 amide bonds. The number of rotatable bonds is 9. The molecule has 29 heavy (non-hydrogen) atoms. The molecule has 6 nitrogen and oxygen atoms in total. The number of ether oxygens (including phenoxy) is 2. The number of amides is 2. The lowest BCUT2D eigenvalue weighted by Gasteiger charge is -2.18. The van der Waals surface area contributed by atoms with Gasteiger partial charge in [-0.05, 0) is 48.9 Å². The molecule has 7 heteroatoms. The summed E-state index contributed by atoms with van der Waals surface area (Å²) < 4.78 is 10.5. The SMILES string of the molecule is CCN(CC(=O)NCc1ccc(Cl)cc1)C(=O)/C=C/c1cc(OC)ccc1OC. The second-order valence-corrected chi connectivity index (χ2v) is 6.63. The number of carbonyl (C=O) groups excluding carboxylic acids is 2. The molecular formula is C22H25ClN2O4. The standard InChI is InChI=1S/C22H25ClN2O4/c1-4-25(15-21(26)24-14-16-5-8-18(23)9-6-16)22(27)12-7-17-13-19(28-2)10-11-20(17)29-3/h5-13H,4,14-15H2,1-3H3,(H,24,26)/b12-7+. The highest BCUT2D eigenvalue weighted by Crippen LogP contribution is 2.25. The third-order valence-electron chi connectivity index (χ3n) is 4.27. The minimum Gasteiger partial charge on any atom is -0.497 e. The molecule has 0 aliphatic carbocycles. The van der Waals surface area contributed by atoms with Gasteiger partial charge >= 0.3 is 0 Å². The Morgan fingerprint density at radius 1 is 1.10 bits per heavy atom. The minimum absolute atomic E-state index is 0.0253. The normalized spacial score (nSPS) is 10.6. The zero-order valence-electron chi connectivity index (χ0n) is 16.8. The first kappa shape index (κ1) is 22.3. The molecule has 0 radical (unpaired) electrons. The number of hydrogen-bond donors (Lipinski definition) is 1. The van der Waals surface area contributed by atoms with Crippen LogP contribution in [0.4, 0.5) is 0 Å². The van der Waals surface area contributed by atoms with Crippen molar-refractivity contribution < 1.29 is 19.1 Å². The number of likely N-dealkylation sites (N-methyl/N-ethyl adjacent to an activating group) is 1. The van der Waals surface area contributed by atoms with Crippen LogP contribution >= 0.6 is 11.6 Å². The van der Waals surface area contributed by atoms with Gasteiger partial charge in [-0.15, -0.1) is 0 Å². The van der Waals surface area contributed by atoms with E-state index in [0.29, 0.717) is 35.2 Å². The third-order valence-corrected chi connectivity index (χ3v) is 4.53. The Balaban J connectivity index is 1.96. The van der Waals surface area contributed by atoms with Gasteiger partial charge in [-0.2, -0.15) is 0 Å². The first-order valence-electron chi connectivity index (χ1n) is 9.17. The molecule has 154 valence electrons. The Morgan fingerprint density at radius 2 is 1.83 bits per heavy atom. The summed E-state index contributed by atoms with van der Waals surface area (Å²) in [5.74, 6) is 0.784. The number of halogens is 1. The van der Waals surface area contributed by atoms with E-state index in [9.17, 15) is 9.59 Å². The smallest absolute Gasteiger partial charge is 0.247 e. The van der Waals surface area contributed by atoms with Gasteiger partial charge in [0.1, 0.15) is 11.5 Å². The van der Waals surface area contributed by atoms with Crippen molar-refractivity contribution in [3.05, 3.63) is 64.7 Å². The molecule has 0 aliphatic rings. The van der Waals surface area contributed by atoms with E-state index < -0.39 is 0 Å². The highest BCUT2D eigenvalue weighted by molar-refractivity contribution is 6.30. The van der Waals surface area contributed by atoms with Crippen LogP contribution in [-0.4, -0.2) is 44.0 Å². The third kappa shape index (κ3) is 6.84. The summed E-state index contributed by atoms with van der Waals surface area (Å²) in [6.07, 6.45) is 3.07. The van der Waals surface area contributed by atoms with E-state index >= 15 is 0 Å². The number of methoxy groups -OCH3 is 2. The van der Waals surface area contributed by atoms with Crippen molar-refractivity contribution in [2.24, 2.45) is 0 Å². The molecule has 0 aliphatic heterocycles.